The summed E-state index contributed by atoms with van der Waals surface area (Å²) in [6.07, 6.45) is 0.0841. The number of rotatable bonds is 3. The second-order valence-electron chi connectivity index (χ2n) is 2.19. The van der Waals surface area contributed by atoms with E-state index >= 15 is 0 Å². The van der Waals surface area contributed by atoms with Crippen LogP contribution in [0.25, 0.3) is 0 Å². The molecule has 0 saturated heterocycles. The number of primary amides is 1. The molecule has 4 nitrogen and oxygen atoms in total. The third-order valence-electron chi connectivity index (χ3n) is 1.42. The van der Waals surface area contributed by atoms with Crippen molar-refractivity contribution < 1.29 is 14.4 Å². The highest BCUT2D eigenvalue weighted by molar-refractivity contribution is 5.76. The summed E-state index contributed by atoms with van der Waals surface area (Å²) >= 11 is 0. The first-order valence-electron chi connectivity index (χ1n) is 3.69. The van der Waals surface area contributed by atoms with Crippen LogP contribution in [0.2, 0.25) is 0 Å². The highest BCUT2D eigenvalue weighted by Crippen LogP contribution is 1.87. The molecule has 0 atom stereocenters. The van der Waals surface area contributed by atoms with E-state index in [-0.39, 0.29) is 0 Å². The molecule has 0 unspecified atom stereocenters. The molecule has 2 N–H and O–H groups in total. The van der Waals surface area contributed by atoms with Gasteiger partial charge in [0.25, 0.3) is 0 Å². The second kappa shape index (κ2) is 4.71. The zero-order valence-electron chi connectivity index (χ0n) is 7.26. The summed E-state index contributed by atoms with van der Waals surface area (Å²) in [5.74, 6) is 0. The average Bonchev–Trinajstić information content (AvgIpc) is 1.98. The predicted octanol–water partition coefficient (Wildman–Crippen LogP) is 0.900. The Balaban J connectivity index is 4.26. The van der Waals surface area contributed by atoms with Crippen molar-refractivity contribution in [2.75, 3.05) is 6.54 Å². The predicted molar refractivity (Wildman–Crippen MR) is 42.4 cm³/mol. The fraction of sp³-hybridized carbons (Fsp3) is 0.714. The van der Waals surface area contributed by atoms with E-state index in [2.05, 4.69) is 4.84 Å². The van der Waals surface area contributed by atoms with Gasteiger partial charge in [0.15, 0.2) is 6.54 Å². The van der Waals surface area contributed by atoms with Crippen LogP contribution in [0.3, 0.4) is 0 Å². The minimum absolute atomic E-state index is 0.628. The molecule has 0 rings (SSSR count). The van der Waals surface area contributed by atoms with Gasteiger partial charge in [-0.2, -0.15) is 4.84 Å². The first-order valence-corrected chi connectivity index (χ1v) is 3.69. The van der Waals surface area contributed by atoms with Crippen molar-refractivity contribution >= 4 is 11.8 Å². The van der Waals surface area contributed by atoms with Crippen molar-refractivity contribution in [2.45, 2.75) is 27.2 Å². The van der Waals surface area contributed by atoms with Crippen molar-refractivity contribution in [1.29, 1.82) is 0 Å². The van der Waals surface area contributed by atoms with Crippen molar-refractivity contribution in [3.63, 3.8) is 0 Å². The van der Waals surface area contributed by atoms with Gasteiger partial charge < -0.3 is 5.73 Å². The van der Waals surface area contributed by atoms with E-state index in [1.807, 2.05) is 20.8 Å². The van der Waals surface area contributed by atoms with Gasteiger partial charge in [-0.15, -0.1) is 0 Å². The van der Waals surface area contributed by atoms with Crippen LogP contribution < -0.4 is 5.73 Å². The molecule has 0 spiro atoms. The summed E-state index contributed by atoms with van der Waals surface area (Å²) in [5.41, 5.74) is 5.84. The largest absolute Gasteiger partial charge is 0.472 e. The van der Waals surface area contributed by atoms with Gasteiger partial charge in [-0.05, 0) is 11.7 Å². The fourth-order valence-electron chi connectivity index (χ4n) is 0.697. The van der Waals surface area contributed by atoms with Crippen molar-refractivity contribution in [3.05, 3.63) is 0 Å². The van der Waals surface area contributed by atoms with Crippen LogP contribution in [0.4, 0.5) is 4.79 Å². The van der Waals surface area contributed by atoms with Gasteiger partial charge in [0.1, 0.15) is 0 Å². The molecule has 4 heteroatoms. The van der Waals surface area contributed by atoms with Crippen LogP contribution in [0.15, 0.2) is 0 Å². The minimum Gasteiger partial charge on any atom is -0.330 e. The molecule has 0 aromatic rings. The Morgan fingerprint density at radius 2 is 2.09 bits per heavy atom. The molecule has 0 aliphatic rings. The molecule has 0 aromatic heterocycles. The van der Waals surface area contributed by atoms with Gasteiger partial charge in [0.2, 0.25) is 5.71 Å². The lowest BCUT2D eigenvalue weighted by Gasteiger charge is -1.98. The summed E-state index contributed by atoms with van der Waals surface area (Å²) < 4.78 is 1.49. The monoisotopic (exact) mass is 159 g/mol. The van der Waals surface area contributed by atoms with Crippen LogP contribution in [0.1, 0.15) is 27.2 Å². The number of hydrogen-bond donors (Lipinski definition) is 1. The Morgan fingerprint density at radius 3 is 2.36 bits per heavy atom. The van der Waals surface area contributed by atoms with Crippen LogP contribution in [-0.4, -0.2) is 23.1 Å². The number of nitrogens with two attached hydrogens (primary N) is 1. The molecule has 0 aliphatic carbocycles. The summed E-state index contributed by atoms with van der Waals surface area (Å²) in [4.78, 5) is 15.0. The normalized spacial score (nSPS) is 12.3. The smallest absolute Gasteiger partial charge is 0.330 e. The van der Waals surface area contributed by atoms with E-state index in [9.17, 15) is 4.79 Å². The number of nitrogens with zero attached hydrogens (tertiary/aromatic N) is 1. The van der Waals surface area contributed by atoms with Crippen LogP contribution in [-0.2, 0) is 4.84 Å². The zero-order chi connectivity index (χ0) is 8.85. The lowest BCUT2D eigenvalue weighted by Crippen LogP contribution is -2.26. The number of carbonyl (C=O) groups is 1. The van der Waals surface area contributed by atoms with E-state index < -0.39 is 6.09 Å². The molecule has 0 saturated carbocycles. The first-order chi connectivity index (χ1) is 5.11. The van der Waals surface area contributed by atoms with Crippen molar-refractivity contribution in [2.24, 2.45) is 5.73 Å². The Hall–Kier alpha value is -1.06. The lowest BCUT2D eigenvalue weighted by molar-refractivity contribution is -0.757. The van der Waals surface area contributed by atoms with Gasteiger partial charge >= 0.3 is 6.09 Å². The Morgan fingerprint density at radius 1 is 1.55 bits per heavy atom. The van der Waals surface area contributed by atoms with E-state index in [0.29, 0.717) is 6.54 Å². The summed E-state index contributed by atoms with van der Waals surface area (Å²) in [6, 6.07) is 0. The number of amides is 1. The SMILES string of the molecule is CCC(C)=[N+](CC)OC(N)=O. The third kappa shape index (κ3) is 3.60. The van der Waals surface area contributed by atoms with E-state index in [1.54, 1.807) is 0 Å². The molecule has 0 fully saturated rings. The van der Waals surface area contributed by atoms with Gasteiger partial charge in [0, 0.05) is 13.3 Å². The Labute approximate surface area is 66.6 Å². The zero-order valence-corrected chi connectivity index (χ0v) is 7.26. The average molecular weight is 159 g/mol. The van der Waals surface area contributed by atoms with Crippen LogP contribution in [0, 0.1) is 0 Å². The number of carbonyl (C=O) groups excluding carboxylic acids is 1. The maximum Gasteiger partial charge on any atom is 0.472 e. The van der Waals surface area contributed by atoms with Crippen LogP contribution in [0.5, 0.6) is 0 Å². The summed E-state index contributed by atoms with van der Waals surface area (Å²) in [5, 5.41) is 0. The highest BCUT2D eigenvalue weighted by atomic mass is 16.7. The maximum absolute atomic E-state index is 10.3. The quantitative estimate of drug-likeness (QED) is 0.288. The molecule has 0 aliphatic heterocycles. The van der Waals surface area contributed by atoms with Gasteiger partial charge in [-0.3, -0.25) is 0 Å². The van der Waals surface area contributed by atoms with E-state index in [1.165, 1.54) is 4.74 Å². The third-order valence-corrected chi connectivity index (χ3v) is 1.42. The maximum atomic E-state index is 10.3. The van der Waals surface area contributed by atoms with Gasteiger partial charge in [-0.1, -0.05) is 6.92 Å². The van der Waals surface area contributed by atoms with Crippen molar-refractivity contribution in [1.82, 2.24) is 0 Å². The fourth-order valence-corrected chi connectivity index (χ4v) is 0.697. The molecular formula is C7H15N2O2+. The standard InChI is InChI=1S/C7H14N2O2/c1-4-6(3)9(5-2)11-7(8)10/h4-5H2,1-3H3,(H-,8,10)/p+1. The first kappa shape index (κ1) is 9.94. The minimum atomic E-state index is -0.764. The molecule has 64 valence electrons. The van der Waals surface area contributed by atoms with Crippen molar-refractivity contribution in [3.8, 4) is 0 Å². The molecule has 11 heavy (non-hydrogen) atoms. The van der Waals surface area contributed by atoms with E-state index in [4.69, 9.17) is 5.73 Å². The van der Waals surface area contributed by atoms with Gasteiger partial charge in [0.05, 0.1) is 0 Å². The van der Waals surface area contributed by atoms with Gasteiger partial charge in [-0.25, -0.2) is 4.79 Å². The molecule has 0 heterocycles. The molecule has 1 amide bonds. The van der Waals surface area contributed by atoms with Crippen LogP contribution >= 0.6 is 0 Å². The Bertz CT molecular complexity index is 175. The molecule has 0 radical (unpaired) electrons. The number of hydroxylamine groups is 1. The lowest BCUT2D eigenvalue weighted by atomic mass is 10.3. The number of hydrogen-bond acceptors (Lipinski definition) is 2. The second-order valence-corrected chi connectivity index (χ2v) is 2.19. The highest BCUT2D eigenvalue weighted by Gasteiger charge is 2.10. The molecule has 0 bridgehead atoms. The summed E-state index contributed by atoms with van der Waals surface area (Å²) in [6.45, 7) is 6.40. The Kier molecular flexibility index (Phi) is 4.26. The van der Waals surface area contributed by atoms with E-state index in [0.717, 1.165) is 12.1 Å². The molecular weight excluding hydrogens is 144 g/mol. The molecule has 0 aromatic carbocycles. The topological polar surface area (TPSA) is 55.3 Å². The summed E-state index contributed by atoms with van der Waals surface area (Å²) in [7, 11) is 0.